The van der Waals surface area contributed by atoms with Gasteiger partial charge in [-0.15, -0.1) is 0 Å². The maximum Gasteiger partial charge on any atom is 0.240 e. The molecule has 96 valence electrons. The van der Waals surface area contributed by atoms with Gasteiger partial charge in [0.1, 0.15) is 6.04 Å². The van der Waals surface area contributed by atoms with Crippen LogP contribution in [0.3, 0.4) is 0 Å². The Kier molecular flexibility index (Phi) is 3.66. The average molecular weight is 239 g/mol. The Morgan fingerprint density at radius 3 is 2.41 bits per heavy atom. The highest BCUT2D eigenvalue weighted by Crippen LogP contribution is 2.28. The molecule has 3 unspecified atom stereocenters. The Balaban J connectivity index is 2.05. The first-order valence-electron chi connectivity index (χ1n) is 6.46. The van der Waals surface area contributed by atoms with Crippen molar-refractivity contribution < 1.29 is 9.59 Å². The molecular formula is C12H21N3O2. The minimum atomic E-state index is -0.406. The molecule has 0 spiro atoms. The predicted molar refractivity (Wildman–Crippen MR) is 63.9 cm³/mol. The number of amides is 2. The molecule has 2 amide bonds. The highest BCUT2D eigenvalue weighted by molar-refractivity contribution is 5.88. The lowest BCUT2D eigenvalue weighted by Crippen LogP contribution is -2.50. The van der Waals surface area contributed by atoms with Gasteiger partial charge in [-0.05, 0) is 25.7 Å². The zero-order valence-electron chi connectivity index (χ0n) is 10.1. The summed E-state index contributed by atoms with van der Waals surface area (Å²) < 4.78 is 0. The fraction of sp³-hybridized carbons (Fsp3) is 0.833. The Morgan fingerprint density at radius 1 is 1.06 bits per heavy atom. The Morgan fingerprint density at radius 2 is 1.76 bits per heavy atom. The highest BCUT2D eigenvalue weighted by Gasteiger charge is 2.38. The van der Waals surface area contributed by atoms with E-state index in [-0.39, 0.29) is 23.8 Å². The lowest BCUT2D eigenvalue weighted by atomic mass is 9.84. The number of carbonyl (C=O) groups excluding carboxylic acids is 2. The molecule has 5 heteroatoms. The number of primary amides is 1. The van der Waals surface area contributed by atoms with Crippen molar-refractivity contribution in [3.05, 3.63) is 0 Å². The summed E-state index contributed by atoms with van der Waals surface area (Å²) >= 11 is 0. The minimum Gasteiger partial charge on any atom is -0.368 e. The van der Waals surface area contributed by atoms with Gasteiger partial charge in [-0.2, -0.15) is 0 Å². The normalized spacial score (nSPS) is 33.7. The molecule has 0 aromatic carbocycles. The van der Waals surface area contributed by atoms with Crippen LogP contribution in [0.25, 0.3) is 0 Å². The van der Waals surface area contributed by atoms with Crippen molar-refractivity contribution in [3.8, 4) is 0 Å². The van der Waals surface area contributed by atoms with Gasteiger partial charge in [0.05, 0.1) is 5.92 Å². The monoisotopic (exact) mass is 239 g/mol. The number of hydrogen-bond acceptors (Lipinski definition) is 3. The number of likely N-dealkylation sites (tertiary alicyclic amines) is 1. The van der Waals surface area contributed by atoms with E-state index < -0.39 is 6.04 Å². The minimum absolute atomic E-state index is 0.0403. The van der Waals surface area contributed by atoms with E-state index in [4.69, 9.17) is 11.5 Å². The first kappa shape index (κ1) is 12.4. The SMILES string of the molecule is NC(=O)C1CCCN1C(=O)C1CCCCC1N. The summed E-state index contributed by atoms with van der Waals surface area (Å²) in [7, 11) is 0. The third kappa shape index (κ3) is 2.44. The largest absolute Gasteiger partial charge is 0.368 e. The summed E-state index contributed by atoms with van der Waals surface area (Å²) in [6, 6.07) is -0.456. The van der Waals surface area contributed by atoms with Crippen LogP contribution in [0.1, 0.15) is 38.5 Å². The van der Waals surface area contributed by atoms with Crippen molar-refractivity contribution in [2.24, 2.45) is 17.4 Å². The number of hydrogen-bond donors (Lipinski definition) is 2. The second kappa shape index (κ2) is 5.04. The van der Waals surface area contributed by atoms with Gasteiger partial charge in [-0.3, -0.25) is 9.59 Å². The quantitative estimate of drug-likeness (QED) is 0.709. The van der Waals surface area contributed by atoms with Crippen LogP contribution in [0.5, 0.6) is 0 Å². The maximum absolute atomic E-state index is 12.4. The average Bonchev–Trinajstić information content (AvgIpc) is 2.77. The van der Waals surface area contributed by atoms with Crippen LogP contribution in [0.15, 0.2) is 0 Å². The number of carbonyl (C=O) groups is 2. The van der Waals surface area contributed by atoms with Crippen molar-refractivity contribution >= 4 is 11.8 Å². The van der Waals surface area contributed by atoms with E-state index >= 15 is 0 Å². The second-order valence-corrected chi connectivity index (χ2v) is 5.15. The predicted octanol–water partition coefficient (Wildman–Crippen LogP) is -0.0198. The summed E-state index contributed by atoms with van der Waals surface area (Å²) in [4.78, 5) is 25.3. The lowest BCUT2D eigenvalue weighted by molar-refractivity contribution is -0.142. The van der Waals surface area contributed by atoms with Gasteiger partial charge in [0.15, 0.2) is 0 Å². The second-order valence-electron chi connectivity index (χ2n) is 5.15. The van der Waals surface area contributed by atoms with Gasteiger partial charge in [-0.1, -0.05) is 12.8 Å². The molecule has 1 aliphatic heterocycles. The van der Waals surface area contributed by atoms with E-state index in [0.29, 0.717) is 13.0 Å². The van der Waals surface area contributed by atoms with Crippen LogP contribution in [0, 0.1) is 5.92 Å². The fourth-order valence-electron chi connectivity index (χ4n) is 3.01. The molecule has 2 rings (SSSR count). The fourth-order valence-corrected chi connectivity index (χ4v) is 3.01. The van der Waals surface area contributed by atoms with Crippen LogP contribution in [-0.4, -0.2) is 35.3 Å². The van der Waals surface area contributed by atoms with Crippen LogP contribution in [0.4, 0.5) is 0 Å². The van der Waals surface area contributed by atoms with Crippen LogP contribution in [0.2, 0.25) is 0 Å². The smallest absolute Gasteiger partial charge is 0.240 e. The van der Waals surface area contributed by atoms with E-state index in [0.717, 1.165) is 32.1 Å². The van der Waals surface area contributed by atoms with Crippen LogP contribution < -0.4 is 11.5 Å². The van der Waals surface area contributed by atoms with Gasteiger partial charge in [0.2, 0.25) is 11.8 Å². The van der Waals surface area contributed by atoms with E-state index in [2.05, 4.69) is 0 Å². The molecule has 2 aliphatic rings. The molecule has 17 heavy (non-hydrogen) atoms. The van der Waals surface area contributed by atoms with E-state index in [9.17, 15) is 9.59 Å². The van der Waals surface area contributed by atoms with Gasteiger partial charge in [-0.25, -0.2) is 0 Å². The first-order chi connectivity index (χ1) is 8.11. The number of nitrogens with zero attached hydrogens (tertiary/aromatic N) is 1. The molecule has 5 nitrogen and oxygen atoms in total. The van der Waals surface area contributed by atoms with Gasteiger partial charge >= 0.3 is 0 Å². The van der Waals surface area contributed by atoms with E-state index in [1.807, 2.05) is 0 Å². The molecule has 3 atom stereocenters. The molecule has 1 saturated heterocycles. The molecule has 0 bridgehead atoms. The Hall–Kier alpha value is -1.10. The molecule has 4 N–H and O–H groups in total. The summed E-state index contributed by atoms with van der Waals surface area (Å²) in [6.07, 6.45) is 5.47. The van der Waals surface area contributed by atoms with Gasteiger partial charge in [0, 0.05) is 12.6 Å². The summed E-state index contributed by atoms with van der Waals surface area (Å²) in [5.41, 5.74) is 11.3. The zero-order valence-corrected chi connectivity index (χ0v) is 10.1. The van der Waals surface area contributed by atoms with Crippen molar-refractivity contribution in [2.75, 3.05) is 6.54 Å². The molecule has 1 aliphatic carbocycles. The Bertz CT molecular complexity index is 319. The molecule has 0 aromatic heterocycles. The van der Waals surface area contributed by atoms with Crippen LogP contribution in [-0.2, 0) is 9.59 Å². The maximum atomic E-state index is 12.4. The lowest BCUT2D eigenvalue weighted by Gasteiger charge is -2.32. The number of rotatable bonds is 2. The molecule has 2 fully saturated rings. The summed E-state index contributed by atoms with van der Waals surface area (Å²) in [6.45, 7) is 0.648. The number of nitrogens with two attached hydrogens (primary N) is 2. The summed E-state index contributed by atoms with van der Waals surface area (Å²) in [5.74, 6) is -0.456. The zero-order chi connectivity index (χ0) is 12.4. The molecule has 1 saturated carbocycles. The van der Waals surface area contributed by atoms with E-state index in [1.165, 1.54) is 0 Å². The molecular weight excluding hydrogens is 218 g/mol. The van der Waals surface area contributed by atoms with Gasteiger partial charge < -0.3 is 16.4 Å². The van der Waals surface area contributed by atoms with E-state index in [1.54, 1.807) is 4.90 Å². The first-order valence-corrected chi connectivity index (χ1v) is 6.46. The van der Waals surface area contributed by atoms with Gasteiger partial charge in [0.25, 0.3) is 0 Å². The topological polar surface area (TPSA) is 89.4 Å². The van der Waals surface area contributed by atoms with Crippen molar-refractivity contribution in [1.29, 1.82) is 0 Å². The van der Waals surface area contributed by atoms with Crippen molar-refractivity contribution in [1.82, 2.24) is 4.90 Å². The Labute approximate surface area is 102 Å². The third-order valence-electron chi connectivity index (χ3n) is 4.00. The standard InChI is InChI=1S/C12H21N3O2/c13-9-5-2-1-4-8(9)12(17)15-7-3-6-10(15)11(14)16/h8-10H,1-7,13H2,(H2,14,16). The van der Waals surface area contributed by atoms with Crippen molar-refractivity contribution in [2.45, 2.75) is 50.6 Å². The highest BCUT2D eigenvalue weighted by atomic mass is 16.2. The third-order valence-corrected chi connectivity index (χ3v) is 4.00. The molecule has 1 heterocycles. The van der Waals surface area contributed by atoms with Crippen molar-refractivity contribution in [3.63, 3.8) is 0 Å². The summed E-state index contributed by atoms with van der Waals surface area (Å²) in [5, 5.41) is 0. The molecule has 0 radical (unpaired) electrons. The van der Waals surface area contributed by atoms with Crippen LogP contribution >= 0.6 is 0 Å². The molecule has 0 aromatic rings.